The van der Waals surface area contributed by atoms with E-state index in [9.17, 15) is 9.59 Å². The quantitative estimate of drug-likeness (QED) is 0.638. The number of fused-ring (bicyclic) bond motifs is 1. The predicted octanol–water partition coefficient (Wildman–Crippen LogP) is 5.16. The number of pyridine rings is 1. The fourth-order valence-electron chi connectivity index (χ4n) is 2.61. The number of hydrogen-bond acceptors (Lipinski definition) is 4. The second-order valence-corrected chi connectivity index (χ2v) is 7.10. The molecule has 0 unspecified atom stereocenters. The number of carbonyl (C=O) groups excluding carboxylic acids is 2. The first kappa shape index (κ1) is 19.9. The Bertz CT molecular complexity index is 1060. The van der Waals surface area contributed by atoms with Crippen molar-refractivity contribution in [3.05, 3.63) is 63.8 Å². The molecular formula is C20H17Cl2N3O3. The molecule has 0 bridgehead atoms. The van der Waals surface area contributed by atoms with E-state index >= 15 is 0 Å². The normalized spacial score (nSPS) is 10.6. The van der Waals surface area contributed by atoms with Crippen molar-refractivity contribution in [3.63, 3.8) is 0 Å². The zero-order valence-electron chi connectivity index (χ0n) is 15.4. The van der Waals surface area contributed by atoms with Gasteiger partial charge in [-0.15, -0.1) is 0 Å². The van der Waals surface area contributed by atoms with Crippen molar-refractivity contribution in [2.75, 3.05) is 19.4 Å². The van der Waals surface area contributed by atoms with Gasteiger partial charge in [0.15, 0.2) is 0 Å². The fraction of sp³-hybridized carbons (Fsp3) is 0.150. The Morgan fingerprint density at radius 2 is 1.71 bits per heavy atom. The number of amides is 2. The second-order valence-electron chi connectivity index (χ2n) is 6.29. The molecule has 1 N–H and O–H groups in total. The van der Waals surface area contributed by atoms with E-state index < -0.39 is 12.0 Å². The standard InChI is InChI=1S/C20H17Cl2N3O3/c1-11-10-23-17-12(18(11)28-20(27)25(2)3)6-4-9-15(17)24-19(26)16-13(21)7-5-8-14(16)22/h4-10H,1-3H3,(H,24,26). The minimum atomic E-state index is -0.507. The van der Waals surface area contributed by atoms with Crippen molar-refractivity contribution >= 4 is 51.8 Å². The average Bonchev–Trinajstić information content (AvgIpc) is 2.63. The van der Waals surface area contributed by atoms with E-state index in [-0.39, 0.29) is 15.6 Å². The molecule has 3 rings (SSSR count). The summed E-state index contributed by atoms with van der Waals surface area (Å²) in [7, 11) is 3.19. The van der Waals surface area contributed by atoms with Crippen molar-refractivity contribution in [1.82, 2.24) is 9.88 Å². The van der Waals surface area contributed by atoms with E-state index in [0.29, 0.717) is 27.9 Å². The summed E-state index contributed by atoms with van der Waals surface area (Å²) in [5.41, 5.74) is 1.79. The number of halogens is 2. The average molecular weight is 418 g/mol. The third-order valence-electron chi connectivity index (χ3n) is 4.02. The Kier molecular flexibility index (Phi) is 5.72. The summed E-state index contributed by atoms with van der Waals surface area (Å²) in [6, 6.07) is 10.0. The van der Waals surface area contributed by atoms with Crippen LogP contribution in [0.3, 0.4) is 0 Å². The van der Waals surface area contributed by atoms with Gasteiger partial charge in [-0.25, -0.2) is 4.79 Å². The van der Waals surface area contributed by atoms with Gasteiger partial charge in [-0.1, -0.05) is 35.3 Å². The van der Waals surface area contributed by atoms with Crippen LogP contribution < -0.4 is 10.1 Å². The number of nitrogens with zero attached hydrogens (tertiary/aromatic N) is 2. The maximum atomic E-state index is 12.7. The Hall–Kier alpha value is -2.83. The summed E-state index contributed by atoms with van der Waals surface area (Å²) in [5.74, 6) is -0.0760. The van der Waals surface area contributed by atoms with Gasteiger partial charge in [-0.05, 0) is 31.2 Å². The van der Waals surface area contributed by atoms with Gasteiger partial charge in [0.2, 0.25) is 0 Å². The maximum absolute atomic E-state index is 12.7. The maximum Gasteiger partial charge on any atom is 0.414 e. The van der Waals surface area contributed by atoms with Crippen molar-refractivity contribution < 1.29 is 14.3 Å². The number of rotatable bonds is 3. The largest absolute Gasteiger partial charge is 0.414 e. The summed E-state index contributed by atoms with van der Waals surface area (Å²) in [4.78, 5) is 30.5. The zero-order valence-corrected chi connectivity index (χ0v) is 16.9. The molecule has 0 saturated heterocycles. The van der Waals surface area contributed by atoms with Crippen LogP contribution in [0, 0.1) is 6.92 Å². The van der Waals surface area contributed by atoms with Gasteiger partial charge in [-0.2, -0.15) is 0 Å². The molecule has 0 radical (unpaired) electrons. The predicted molar refractivity (Wildman–Crippen MR) is 111 cm³/mol. The lowest BCUT2D eigenvalue weighted by atomic mass is 10.1. The molecule has 0 fully saturated rings. The van der Waals surface area contributed by atoms with E-state index in [2.05, 4.69) is 10.3 Å². The van der Waals surface area contributed by atoms with Crippen LogP contribution in [-0.2, 0) is 0 Å². The number of hydrogen-bond donors (Lipinski definition) is 1. The van der Waals surface area contributed by atoms with Gasteiger partial charge < -0.3 is 15.0 Å². The lowest BCUT2D eigenvalue weighted by Gasteiger charge is -2.16. The molecule has 0 atom stereocenters. The van der Waals surface area contributed by atoms with Crippen molar-refractivity contribution in [2.45, 2.75) is 6.92 Å². The summed E-state index contributed by atoms with van der Waals surface area (Å²) in [6.07, 6.45) is 1.08. The van der Waals surface area contributed by atoms with Crippen LogP contribution in [0.2, 0.25) is 10.0 Å². The molecule has 1 heterocycles. The van der Waals surface area contributed by atoms with Crippen molar-refractivity contribution in [1.29, 1.82) is 0 Å². The Labute approximate surface area is 172 Å². The Morgan fingerprint density at radius 1 is 1.07 bits per heavy atom. The minimum absolute atomic E-state index is 0.175. The van der Waals surface area contributed by atoms with Crippen LogP contribution >= 0.6 is 23.2 Å². The molecule has 0 aliphatic heterocycles. The Balaban J connectivity index is 2.04. The molecule has 8 heteroatoms. The molecule has 144 valence electrons. The van der Waals surface area contributed by atoms with Gasteiger partial charge >= 0.3 is 6.09 Å². The number of aromatic nitrogens is 1. The molecule has 2 amide bonds. The van der Waals surface area contributed by atoms with Gasteiger partial charge in [0.05, 0.1) is 26.8 Å². The van der Waals surface area contributed by atoms with Crippen LogP contribution in [0.25, 0.3) is 10.9 Å². The van der Waals surface area contributed by atoms with E-state index in [0.717, 1.165) is 0 Å². The van der Waals surface area contributed by atoms with Crippen molar-refractivity contribution in [2.24, 2.45) is 0 Å². The molecule has 0 spiro atoms. The first-order valence-electron chi connectivity index (χ1n) is 8.32. The van der Waals surface area contributed by atoms with E-state index in [1.807, 2.05) is 0 Å². The summed E-state index contributed by atoms with van der Waals surface area (Å²) in [5, 5.41) is 3.87. The Morgan fingerprint density at radius 3 is 2.36 bits per heavy atom. The molecule has 28 heavy (non-hydrogen) atoms. The monoisotopic (exact) mass is 417 g/mol. The lowest BCUT2D eigenvalue weighted by Crippen LogP contribution is -2.25. The molecule has 2 aromatic carbocycles. The third-order valence-corrected chi connectivity index (χ3v) is 4.65. The van der Waals surface area contributed by atoms with Crippen LogP contribution in [0.4, 0.5) is 10.5 Å². The first-order valence-corrected chi connectivity index (χ1v) is 9.08. The summed E-state index contributed by atoms with van der Waals surface area (Å²) >= 11 is 12.2. The number of nitrogens with one attached hydrogen (secondary N) is 1. The highest BCUT2D eigenvalue weighted by Crippen LogP contribution is 2.33. The minimum Gasteiger partial charge on any atom is -0.409 e. The van der Waals surface area contributed by atoms with Gasteiger partial charge in [-0.3, -0.25) is 9.78 Å². The first-order chi connectivity index (χ1) is 13.3. The highest BCUT2D eigenvalue weighted by Gasteiger charge is 2.18. The number of carbonyl (C=O) groups is 2. The molecular weight excluding hydrogens is 401 g/mol. The third kappa shape index (κ3) is 3.88. The van der Waals surface area contributed by atoms with E-state index in [1.165, 1.54) is 4.90 Å². The number of benzene rings is 2. The fourth-order valence-corrected chi connectivity index (χ4v) is 3.18. The van der Waals surface area contributed by atoms with Crippen molar-refractivity contribution in [3.8, 4) is 5.75 Å². The van der Waals surface area contributed by atoms with Crippen LogP contribution in [0.15, 0.2) is 42.6 Å². The molecule has 3 aromatic rings. The number of aryl methyl sites for hydroxylation is 1. The molecule has 1 aromatic heterocycles. The van der Waals surface area contributed by atoms with Gasteiger partial charge in [0, 0.05) is 31.2 Å². The second kappa shape index (κ2) is 8.04. The number of para-hydroxylation sites is 1. The molecule has 0 aliphatic carbocycles. The SMILES string of the molecule is Cc1cnc2c(NC(=O)c3c(Cl)cccc3Cl)cccc2c1OC(=O)N(C)C. The number of anilines is 1. The van der Waals surface area contributed by atoms with E-state index in [4.69, 9.17) is 27.9 Å². The smallest absolute Gasteiger partial charge is 0.409 e. The summed E-state index contributed by atoms with van der Waals surface area (Å²) < 4.78 is 5.49. The highest BCUT2D eigenvalue weighted by molar-refractivity contribution is 6.40. The molecule has 6 nitrogen and oxygen atoms in total. The van der Waals surface area contributed by atoms with Crippen LogP contribution in [0.1, 0.15) is 15.9 Å². The number of ether oxygens (including phenoxy) is 1. The topological polar surface area (TPSA) is 71.5 Å². The van der Waals surface area contributed by atoms with E-state index in [1.54, 1.807) is 63.6 Å². The van der Waals surface area contributed by atoms with Gasteiger partial charge in [0.1, 0.15) is 5.75 Å². The summed E-state index contributed by atoms with van der Waals surface area (Å²) in [6.45, 7) is 1.79. The van der Waals surface area contributed by atoms with Crippen LogP contribution in [0.5, 0.6) is 5.75 Å². The van der Waals surface area contributed by atoms with Gasteiger partial charge in [0.25, 0.3) is 5.91 Å². The highest BCUT2D eigenvalue weighted by atomic mass is 35.5. The molecule has 0 aliphatic rings. The van der Waals surface area contributed by atoms with Crippen LogP contribution in [-0.4, -0.2) is 36.0 Å². The molecule has 0 saturated carbocycles. The zero-order chi connectivity index (χ0) is 20.4. The lowest BCUT2D eigenvalue weighted by molar-refractivity contribution is 0.102.